The summed E-state index contributed by atoms with van der Waals surface area (Å²) in [6.07, 6.45) is 13.8. The molecule has 4 nitrogen and oxygen atoms in total. The highest BCUT2D eigenvalue weighted by Crippen LogP contribution is 2.18. The Bertz CT molecular complexity index is 431. The van der Waals surface area contributed by atoms with E-state index < -0.39 is 0 Å². The van der Waals surface area contributed by atoms with Crippen LogP contribution in [0.4, 0.5) is 0 Å². The summed E-state index contributed by atoms with van der Waals surface area (Å²) in [5.74, 6) is 3.19. The van der Waals surface area contributed by atoms with Crippen molar-refractivity contribution in [3.8, 4) is 0 Å². The Kier molecular flexibility index (Phi) is 138. The van der Waals surface area contributed by atoms with Crippen LogP contribution >= 0.6 is 0 Å². The molecule has 3 aliphatic heterocycles. The first-order chi connectivity index (χ1) is 18.0. The van der Waals surface area contributed by atoms with E-state index in [1.54, 1.807) is 0 Å². The van der Waals surface area contributed by atoms with Crippen LogP contribution < -0.4 is 0 Å². The molecule has 48 heavy (non-hydrogen) atoms. The highest BCUT2D eigenvalue weighted by molar-refractivity contribution is 5.72. The van der Waals surface area contributed by atoms with Crippen LogP contribution in [0.25, 0.3) is 0 Å². The third-order valence-electron chi connectivity index (χ3n) is 6.78. The van der Waals surface area contributed by atoms with E-state index in [1.807, 2.05) is 13.8 Å². The van der Waals surface area contributed by atoms with Crippen molar-refractivity contribution < 1.29 is 4.79 Å². The summed E-state index contributed by atoms with van der Waals surface area (Å²) in [6, 6.07) is 0. The van der Waals surface area contributed by atoms with Gasteiger partial charge in [-0.2, -0.15) is 0 Å². The Morgan fingerprint density at radius 2 is 0.688 bits per heavy atom. The molecule has 3 heterocycles. The van der Waals surface area contributed by atoms with Gasteiger partial charge in [0.05, 0.1) is 0 Å². The van der Waals surface area contributed by atoms with Gasteiger partial charge in [0.15, 0.2) is 0 Å². The second kappa shape index (κ2) is 72.3. The number of carbonyl (C=O) groups excluding carboxylic acids is 1. The van der Waals surface area contributed by atoms with E-state index in [-0.39, 0.29) is 80.0 Å². The lowest BCUT2D eigenvalue weighted by Gasteiger charge is -2.28. The minimum Gasteiger partial charge on any atom is -0.306 e. The number of piperidine rings is 2. The summed E-state index contributed by atoms with van der Waals surface area (Å²) in [5.41, 5.74) is 0. The van der Waals surface area contributed by atoms with E-state index in [9.17, 15) is 4.79 Å². The predicted octanol–water partition coefficient (Wildman–Crippen LogP) is 15.6. The molecule has 3 rings (SSSR count). The molecule has 2 unspecified atom stereocenters. The molecule has 2 atom stereocenters. The summed E-state index contributed by atoms with van der Waals surface area (Å²) in [4.78, 5) is 16.7. The maximum absolute atomic E-state index is 9.44. The Morgan fingerprint density at radius 3 is 0.896 bits per heavy atom. The summed E-state index contributed by atoms with van der Waals surface area (Å²) in [6.45, 7) is 30.4. The van der Waals surface area contributed by atoms with Gasteiger partial charge in [-0.15, -0.1) is 0 Å². The Labute approximate surface area is 317 Å². The van der Waals surface area contributed by atoms with Gasteiger partial charge in [-0.05, 0) is 111 Å². The van der Waals surface area contributed by atoms with E-state index in [4.69, 9.17) is 0 Å². The van der Waals surface area contributed by atoms with Crippen LogP contribution in [0.2, 0.25) is 0 Å². The molecule has 3 aliphatic rings. The van der Waals surface area contributed by atoms with Gasteiger partial charge in [-0.3, -0.25) is 0 Å². The quantitative estimate of drug-likeness (QED) is 0.292. The van der Waals surface area contributed by atoms with Gasteiger partial charge in [-0.1, -0.05) is 169 Å². The lowest BCUT2D eigenvalue weighted by molar-refractivity contribution is -0.115. The highest BCUT2D eigenvalue weighted by atomic mass is 16.1. The predicted molar refractivity (Wildman–Crippen MR) is 244 cm³/mol. The van der Waals surface area contributed by atoms with Crippen molar-refractivity contribution in [2.45, 2.75) is 215 Å². The van der Waals surface area contributed by atoms with Crippen LogP contribution in [0.1, 0.15) is 215 Å². The van der Waals surface area contributed by atoms with Gasteiger partial charge in [0.2, 0.25) is 0 Å². The minimum absolute atomic E-state index is 0. The first-order valence-corrected chi connectivity index (χ1v) is 16.6. The van der Waals surface area contributed by atoms with Crippen molar-refractivity contribution in [2.24, 2.45) is 17.8 Å². The Morgan fingerprint density at radius 1 is 0.458 bits per heavy atom. The average Bonchev–Trinajstić information content (AvgIpc) is 3.32. The normalized spacial score (nSPS) is 17.0. The van der Waals surface area contributed by atoms with Crippen LogP contribution in [-0.2, 0) is 4.79 Å². The maximum Gasteiger partial charge on any atom is 0.126 e. The number of carbonyl (C=O) groups is 1. The van der Waals surface area contributed by atoms with Crippen LogP contribution in [-0.4, -0.2) is 80.9 Å². The topological polar surface area (TPSA) is 26.8 Å². The first kappa shape index (κ1) is 91.5. The van der Waals surface area contributed by atoms with Gasteiger partial charge < -0.3 is 19.5 Å². The van der Waals surface area contributed by atoms with Gasteiger partial charge in [0.25, 0.3) is 0 Å². The second-order valence-electron chi connectivity index (χ2n) is 11.5. The number of likely N-dealkylation sites (tertiary alicyclic amines) is 3. The fraction of sp³-hybridized carbons (Fsp3) is 0.977. The van der Waals surface area contributed by atoms with Crippen LogP contribution in [0.5, 0.6) is 0 Å². The highest BCUT2D eigenvalue weighted by Gasteiger charge is 2.16. The molecule has 0 aromatic heterocycles. The fourth-order valence-corrected chi connectivity index (χ4v) is 4.44. The van der Waals surface area contributed by atoms with Crippen LogP contribution in [0.15, 0.2) is 0 Å². The van der Waals surface area contributed by atoms with Crippen molar-refractivity contribution in [1.82, 2.24) is 14.7 Å². The van der Waals surface area contributed by atoms with E-state index >= 15 is 0 Å². The number of hydrogen-bond acceptors (Lipinski definition) is 4. The van der Waals surface area contributed by atoms with Crippen LogP contribution in [0.3, 0.4) is 0 Å². The molecular weight excluding hydrogens is 587 g/mol. The summed E-state index contributed by atoms with van der Waals surface area (Å²) in [7, 11) is 6.64. The number of hydrogen-bond donors (Lipinski definition) is 0. The van der Waals surface area contributed by atoms with Gasteiger partial charge in [-0.25, -0.2) is 0 Å². The zero-order chi connectivity index (χ0) is 30.4. The van der Waals surface area contributed by atoms with Crippen molar-refractivity contribution in [2.75, 3.05) is 60.4 Å². The third kappa shape index (κ3) is 75.7. The number of Topliss-reactive ketones (excluding diaryl/α,β-unsaturated/α-hetero) is 1. The molecule has 0 N–H and O–H groups in total. The smallest absolute Gasteiger partial charge is 0.126 e. The molecule has 0 saturated carbocycles. The van der Waals surface area contributed by atoms with Crippen molar-refractivity contribution in [3.05, 3.63) is 0 Å². The molecule has 0 amide bonds. The molecule has 0 aromatic rings. The zero-order valence-corrected chi connectivity index (χ0v) is 29.3. The molecule has 0 aliphatic carbocycles. The number of nitrogens with zero attached hydrogens (tertiary/aromatic N) is 3. The second-order valence-corrected chi connectivity index (χ2v) is 11.5. The molecule has 0 spiro atoms. The molecular formula is C44H117N3O. The maximum atomic E-state index is 9.44. The third-order valence-corrected chi connectivity index (χ3v) is 6.78. The summed E-state index contributed by atoms with van der Waals surface area (Å²) >= 11 is 0. The Balaban J connectivity index is -0.0000000238. The lowest BCUT2D eigenvalue weighted by atomic mass is 9.95. The van der Waals surface area contributed by atoms with Crippen molar-refractivity contribution in [1.29, 1.82) is 0 Å². The van der Waals surface area contributed by atoms with E-state index in [0.29, 0.717) is 0 Å². The van der Waals surface area contributed by atoms with Crippen molar-refractivity contribution >= 4 is 5.78 Å². The molecule has 314 valence electrons. The fourth-order valence-electron chi connectivity index (χ4n) is 4.44. The summed E-state index contributed by atoms with van der Waals surface area (Å²) < 4.78 is 0. The van der Waals surface area contributed by atoms with Crippen molar-refractivity contribution in [3.63, 3.8) is 0 Å². The molecule has 3 fully saturated rings. The van der Waals surface area contributed by atoms with Gasteiger partial charge in [0, 0.05) is 13.1 Å². The van der Waals surface area contributed by atoms with Gasteiger partial charge in [0.1, 0.15) is 5.78 Å². The van der Waals surface area contributed by atoms with Crippen LogP contribution in [0, 0.1) is 17.8 Å². The first-order valence-electron chi connectivity index (χ1n) is 16.6. The molecule has 0 aromatic carbocycles. The van der Waals surface area contributed by atoms with E-state index in [0.717, 1.165) is 17.8 Å². The largest absolute Gasteiger partial charge is 0.306 e. The molecule has 4 heteroatoms. The number of ketones is 1. The monoisotopic (exact) mass is 704 g/mol. The van der Waals surface area contributed by atoms with E-state index in [1.165, 1.54) is 117 Å². The van der Waals surface area contributed by atoms with Gasteiger partial charge >= 0.3 is 0 Å². The standard InChI is InChI=1S/2C8H17N.C7H15N.C3H6O.2C3H8.C2H6.10CH4/c1-3-8-4-6-9(2)7-5-8;1-3-8-5-4-6-9(2)7-8;1-3-7-4-5-8(2)6-7;1-3(2)4;2*1-3-2;1-2;;;;;;;;;;/h2*8H,3-7H2,1-2H3;7H,3-6H2,1-2H3;1-2H3;2*3H2,1-2H3;1-2H3;10*1H4. The molecule has 0 bridgehead atoms. The SMILES string of the molecule is C.C.C.C.C.C.C.C.C.C.CC.CC(C)=O.CCC.CCC.CCC1CCCN(C)C1.CCC1CCN(C)C1.CCC1CCN(C)CC1. The minimum atomic E-state index is 0. The molecule has 0 radical (unpaired) electrons. The number of rotatable bonds is 3. The molecule has 3 saturated heterocycles. The van der Waals surface area contributed by atoms with E-state index in [2.05, 4.69) is 84.3 Å². The summed E-state index contributed by atoms with van der Waals surface area (Å²) in [5, 5.41) is 0. The average molecular weight is 704 g/mol. The Hall–Kier alpha value is -0.450. The zero-order valence-electron chi connectivity index (χ0n) is 29.3. The lowest BCUT2D eigenvalue weighted by Crippen LogP contribution is -2.31.